The molecular formula is C5H8INO. The van der Waals surface area contributed by atoms with Gasteiger partial charge in [0, 0.05) is 22.6 Å². The van der Waals surface area contributed by atoms with Crippen LogP contribution in [0.5, 0.6) is 0 Å². The fourth-order valence-electron chi connectivity index (χ4n) is 0.547. The van der Waals surface area contributed by atoms with E-state index in [-0.39, 0.29) is 6.10 Å². The van der Waals surface area contributed by atoms with Gasteiger partial charge in [0.15, 0.2) is 0 Å². The summed E-state index contributed by atoms with van der Waals surface area (Å²) in [6.45, 7) is 4.08. The summed E-state index contributed by atoms with van der Waals surface area (Å²) in [5.74, 6) is 0. The summed E-state index contributed by atoms with van der Waals surface area (Å²) in [6, 6.07) is 0.349. The van der Waals surface area contributed by atoms with Crippen LogP contribution in [0.3, 0.4) is 0 Å². The van der Waals surface area contributed by atoms with E-state index in [0.29, 0.717) is 6.04 Å². The number of nitrogens with zero attached hydrogens (tertiary/aromatic N) is 1. The third-order valence-corrected chi connectivity index (χ3v) is 1.80. The predicted octanol–water partition coefficient (Wildman–Crippen LogP) is 1.58. The molecule has 0 fully saturated rings. The van der Waals surface area contributed by atoms with Crippen molar-refractivity contribution >= 4 is 26.5 Å². The number of ether oxygens (including phenoxy) is 1. The van der Waals surface area contributed by atoms with Gasteiger partial charge in [-0.25, -0.2) is 4.99 Å². The normalized spacial score (nSPS) is 36.6. The lowest BCUT2D eigenvalue weighted by atomic mass is 10.2. The molecule has 2 atom stereocenters. The smallest absolute Gasteiger partial charge is 0.248 e. The Morgan fingerprint density at radius 1 is 1.62 bits per heavy atom. The van der Waals surface area contributed by atoms with Gasteiger partial charge in [-0.1, -0.05) is 0 Å². The van der Waals surface area contributed by atoms with Gasteiger partial charge in [-0.3, -0.25) is 0 Å². The van der Waals surface area contributed by atoms with E-state index in [4.69, 9.17) is 4.74 Å². The van der Waals surface area contributed by atoms with Crippen LogP contribution in [0.2, 0.25) is 0 Å². The molecule has 1 aliphatic rings. The summed E-state index contributed by atoms with van der Waals surface area (Å²) in [5.41, 5.74) is 0. The summed E-state index contributed by atoms with van der Waals surface area (Å²) in [6.07, 6.45) is 0.280. The maximum atomic E-state index is 5.21. The average molecular weight is 225 g/mol. The van der Waals surface area contributed by atoms with Crippen molar-refractivity contribution in [3.05, 3.63) is 0 Å². The topological polar surface area (TPSA) is 21.6 Å². The lowest BCUT2D eigenvalue weighted by molar-refractivity contribution is 0.226. The summed E-state index contributed by atoms with van der Waals surface area (Å²) < 4.78 is 6.00. The molecule has 1 heterocycles. The zero-order valence-corrected chi connectivity index (χ0v) is 7.05. The van der Waals surface area contributed by atoms with Crippen molar-refractivity contribution in [2.45, 2.75) is 26.0 Å². The minimum Gasteiger partial charge on any atom is -0.468 e. The van der Waals surface area contributed by atoms with Crippen LogP contribution in [0, 0.1) is 0 Å². The first kappa shape index (κ1) is 6.32. The Hall–Kier alpha value is 0.200. The lowest BCUT2D eigenvalue weighted by Crippen LogP contribution is -2.13. The molecule has 2 unspecified atom stereocenters. The number of aliphatic imine (C=N–C) groups is 1. The molecule has 0 aromatic heterocycles. The number of hydrogen-bond donors (Lipinski definition) is 0. The number of rotatable bonds is 0. The van der Waals surface area contributed by atoms with Crippen molar-refractivity contribution < 1.29 is 4.74 Å². The van der Waals surface area contributed by atoms with E-state index in [1.807, 2.05) is 6.92 Å². The molecule has 8 heavy (non-hydrogen) atoms. The van der Waals surface area contributed by atoms with Crippen molar-refractivity contribution in [3.8, 4) is 0 Å². The number of halogens is 1. The molecule has 0 aliphatic carbocycles. The van der Waals surface area contributed by atoms with Crippen LogP contribution in [0.1, 0.15) is 13.8 Å². The van der Waals surface area contributed by atoms with Gasteiger partial charge >= 0.3 is 0 Å². The van der Waals surface area contributed by atoms with Gasteiger partial charge in [-0.2, -0.15) is 0 Å². The molecule has 1 rings (SSSR count). The molecule has 0 radical (unpaired) electrons. The first-order chi connectivity index (χ1) is 3.70. The zero-order chi connectivity index (χ0) is 6.15. The van der Waals surface area contributed by atoms with Crippen LogP contribution in [-0.2, 0) is 4.74 Å². The van der Waals surface area contributed by atoms with E-state index in [1.54, 1.807) is 0 Å². The Bertz CT molecular complexity index is 124. The van der Waals surface area contributed by atoms with Crippen molar-refractivity contribution in [2.24, 2.45) is 4.99 Å². The minimum atomic E-state index is 0.280. The maximum absolute atomic E-state index is 5.21. The summed E-state index contributed by atoms with van der Waals surface area (Å²) in [5, 5.41) is 0. The SMILES string of the molecule is CC1N=C(I)OC1C. The van der Waals surface area contributed by atoms with Crippen LogP contribution < -0.4 is 0 Å². The van der Waals surface area contributed by atoms with E-state index in [2.05, 4.69) is 34.5 Å². The van der Waals surface area contributed by atoms with Crippen molar-refractivity contribution in [3.63, 3.8) is 0 Å². The van der Waals surface area contributed by atoms with E-state index in [1.165, 1.54) is 0 Å². The Morgan fingerprint density at radius 3 is 2.38 bits per heavy atom. The summed E-state index contributed by atoms with van der Waals surface area (Å²) >= 11 is 2.09. The average Bonchev–Trinajstić information content (AvgIpc) is 1.85. The Kier molecular flexibility index (Phi) is 1.74. The van der Waals surface area contributed by atoms with Crippen molar-refractivity contribution in [1.29, 1.82) is 0 Å². The zero-order valence-electron chi connectivity index (χ0n) is 4.89. The second kappa shape index (κ2) is 2.21. The van der Waals surface area contributed by atoms with E-state index < -0.39 is 0 Å². The quantitative estimate of drug-likeness (QED) is 0.573. The Morgan fingerprint density at radius 2 is 2.25 bits per heavy atom. The molecule has 0 aromatic rings. The fourth-order valence-corrected chi connectivity index (χ4v) is 1.39. The van der Waals surface area contributed by atoms with Gasteiger partial charge in [0.25, 0.3) is 0 Å². The molecule has 0 aromatic carbocycles. The van der Waals surface area contributed by atoms with E-state index in [9.17, 15) is 0 Å². The van der Waals surface area contributed by atoms with Crippen LogP contribution in [-0.4, -0.2) is 16.1 Å². The van der Waals surface area contributed by atoms with Gasteiger partial charge in [0.2, 0.25) is 3.90 Å². The van der Waals surface area contributed by atoms with Crippen molar-refractivity contribution in [1.82, 2.24) is 0 Å². The van der Waals surface area contributed by atoms with Gasteiger partial charge < -0.3 is 4.74 Å². The highest BCUT2D eigenvalue weighted by Gasteiger charge is 2.20. The summed E-state index contributed by atoms with van der Waals surface area (Å²) in [4.78, 5) is 4.15. The van der Waals surface area contributed by atoms with Crippen LogP contribution in [0.15, 0.2) is 4.99 Å². The lowest BCUT2D eigenvalue weighted by Gasteiger charge is -2.04. The molecule has 1 aliphatic heterocycles. The second-order valence-corrected chi connectivity index (χ2v) is 2.87. The first-order valence-corrected chi connectivity index (χ1v) is 3.68. The molecule has 0 spiro atoms. The third-order valence-electron chi connectivity index (χ3n) is 1.27. The highest BCUT2D eigenvalue weighted by atomic mass is 127. The van der Waals surface area contributed by atoms with Gasteiger partial charge in [0.05, 0.1) is 6.04 Å². The largest absolute Gasteiger partial charge is 0.468 e. The molecule has 3 heteroatoms. The standard InChI is InChI=1S/C5H8INO/c1-3-4(2)8-5(6)7-3/h3-4H,1-2H3. The highest BCUT2D eigenvalue weighted by molar-refractivity contribution is 14.1. The summed E-state index contributed by atoms with van der Waals surface area (Å²) in [7, 11) is 0. The van der Waals surface area contributed by atoms with Gasteiger partial charge in [-0.05, 0) is 13.8 Å². The molecule has 46 valence electrons. The van der Waals surface area contributed by atoms with Crippen LogP contribution in [0.4, 0.5) is 0 Å². The predicted molar refractivity (Wildman–Crippen MR) is 41.5 cm³/mol. The fraction of sp³-hybridized carbons (Fsp3) is 0.800. The molecule has 0 amide bonds. The molecule has 0 saturated heterocycles. The first-order valence-electron chi connectivity index (χ1n) is 2.60. The minimum absolute atomic E-state index is 0.280. The van der Waals surface area contributed by atoms with E-state index in [0.717, 1.165) is 3.90 Å². The monoisotopic (exact) mass is 225 g/mol. The molecule has 0 bridgehead atoms. The molecule has 0 saturated carbocycles. The molecule has 2 nitrogen and oxygen atoms in total. The van der Waals surface area contributed by atoms with Gasteiger partial charge in [0.1, 0.15) is 6.10 Å². The van der Waals surface area contributed by atoms with Crippen LogP contribution in [0.25, 0.3) is 0 Å². The van der Waals surface area contributed by atoms with E-state index >= 15 is 0 Å². The third kappa shape index (κ3) is 1.13. The highest BCUT2D eigenvalue weighted by Crippen LogP contribution is 2.14. The number of hydrogen-bond acceptors (Lipinski definition) is 2. The molecular weight excluding hydrogens is 217 g/mol. The Balaban J connectivity index is 2.56. The van der Waals surface area contributed by atoms with Gasteiger partial charge in [-0.15, -0.1) is 0 Å². The van der Waals surface area contributed by atoms with Crippen molar-refractivity contribution in [2.75, 3.05) is 0 Å². The second-order valence-electron chi connectivity index (χ2n) is 1.95. The van der Waals surface area contributed by atoms with Crippen LogP contribution >= 0.6 is 22.6 Å². The molecule has 0 N–H and O–H groups in total. The maximum Gasteiger partial charge on any atom is 0.248 e. The Labute approximate surface area is 62.5 Å².